The number of amides is 3. The van der Waals surface area contributed by atoms with Crippen LogP contribution in [0.1, 0.15) is 56.9 Å². The number of aryl methyl sites for hydroxylation is 1. The van der Waals surface area contributed by atoms with E-state index < -0.39 is 11.7 Å². The van der Waals surface area contributed by atoms with Gasteiger partial charge in [0.25, 0.3) is 5.91 Å². The smallest absolute Gasteiger partial charge is 0.410 e. The van der Waals surface area contributed by atoms with Gasteiger partial charge >= 0.3 is 6.09 Å². The fraction of sp³-hybridized carbons (Fsp3) is 0.405. The van der Waals surface area contributed by atoms with Crippen LogP contribution in [0.2, 0.25) is 0 Å². The van der Waals surface area contributed by atoms with Crippen LogP contribution in [0.3, 0.4) is 0 Å². The number of fused-ring (bicyclic) bond motifs is 1. The van der Waals surface area contributed by atoms with Crippen molar-refractivity contribution in [3.05, 3.63) is 89.0 Å². The lowest BCUT2D eigenvalue weighted by atomic mass is 10.0. The quantitative estimate of drug-likeness (QED) is 0.296. The number of hydrogen-bond donors (Lipinski definition) is 1. The minimum Gasteiger partial charge on any atom is -0.444 e. The highest BCUT2D eigenvalue weighted by molar-refractivity contribution is 5.87. The molecule has 0 saturated carbocycles. The third kappa shape index (κ3) is 9.33. The Hall–Kier alpha value is -4.88. The van der Waals surface area contributed by atoms with Crippen LogP contribution < -0.4 is 10.2 Å². The van der Waals surface area contributed by atoms with Crippen LogP contribution in [0.4, 0.5) is 10.5 Å². The predicted octanol–water partition coefficient (Wildman–Crippen LogP) is 5.49. The zero-order chi connectivity index (χ0) is 34.3. The first-order valence-electron chi connectivity index (χ1n) is 16.0. The summed E-state index contributed by atoms with van der Waals surface area (Å²) in [7, 11) is 1.77. The highest BCUT2D eigenvalue weighted by atomic mass is 16.6. The Bertz CT molecular complexity index is 1600. The van der Waals surface area contributed by atoms with Crippen LogP contribution in [0, 0.1) is 18.3 Å². The molecule has 10 nitrogen and oxygen atoms in total. The monoisotopic (exact) mass is 638 g/mol. The Morgan fingerprint density at radius 3 is 2.15 bits per heavy atom. The molecule has 0 atom stereocenters. The summed E-state index contributed by atoms with van der Waals surface area (Å²) in [6.45, 7) is 12.9. The van der Waals surface area contributed by atoms with E-state index in [1.807, 2.05) is 89.0 Å². The maximum Gasteiger partial charge on any atom is 0.410 e. The average molecular weight is 639 g/mol. The molecule has 47 heavy (non-hydrogen) atoms. The molecule has 4 rings (SSSR count). The Labute approximate surface area is 278 Å². The van der Waals surface area contributed by atoms with Gasteiger partial charge in [-0.25, -0.2) is 9.80 Å². The second-order valence-corrected chi connectivity index (χ2v) is 13.2. The van der Waals surface area contributed by atoms with Gasteiger partial charge in [-0.3, -0.25) is 14.6 Å². The third-order valence-corrected chi connectivity index (χ3v) is 8.09. The molecule has 3 amide bonds. The molecular formula is C37H46N6O4. The minimum atomic E-state index is -0.629. The Kier molecular flexibility index (Phi) is 11.3. The number of carbonyl (C=O) groups is 3. The van der Waals surface area contributed by atoms with E-state index in [1.165, 1.54) is 11.1 Å². The van der Waals surface area contributed by atoms with Crippen LogP contribution in [0.15, 0.2) is 66.7 Å². The summed E-state index contributed by atoms with van der Waals surface area (Å²) in [5.74, 6) is -0.421. The number of ether oxygens (including phenoxy) is 1. The van der Waals surface area contributed by atoms with Crippen molar-refractivity contribution in [1.29, 1.82) is 5.26 Å². The van der Waals surface area contributed by atoms with Crippen LogP contribution in [0.5, 0.6) is 0 Å². The van der Waals surface area contributed by atoms with E-state index in [1.54, 1.807) is 34.0 Å². The number of likely N-dealkylation sites (N-methyl/N-ethyl adjacent to an activating group) is 1. The van der Waals surface area contributed by atoms with Gasteiger partial charge < -0.3 is 19.9 Å². The van der Waals surface area contributed by atoms with Crippen LogP contribution in [-0.2, 0) is 27.4 Å². The normalized spacial score (nSPS) is 12.7. The molecule has 1 heterocycles. The highest BCUT2D eigenvalue weighted by Crippen LogP contribution is 2.29. The molecule has 3 aromatic rings. The maximum absolute atomic E-state index is 13.8. The first-order chi connectivity index (χ1) is 22.3. The lowest BCUT2D eigenvalue weighted by Gasteiger charge is -2.32. The van der Waals surface area contributed by atoms with Gasteiger partial charge in [0.1, 0.15) is 5.60 Å². The Morgan fingerprint density at radius 2 is 1.57 bits per heavy atom. The van der Waals surface area contributed by atoms with Crippen LogP contribution in [0.25, 0.3) is 11.1 Å². The van der Waals surface area contributed by atoms with E-state index in [4.69, 9.17) is 4.74 Å². The summed E-state index contributed by atoms with van der Waals surface area (Å²) < 4.78 is 5.55. The van der Waals surface area contributed by atoms with E-state index in [2.05, 4.69) is 23.5 Å². The molecule has 3 aromatic carbocycles. The maximum atomic E-state index is 13.8. The van der Waals surface area contributed by atoms with E-state index in [0.29, 0.717) is 18.7 Å². The molecule has 0 aliphatic carbocycles. The first-order valence-corrected chi connectivity index (χ1v) is 16.0. The van der Waals surface area contributed by atoms with Crippen LogP contribution >= 0.6 is 0 Å². The van der Waals surface area contributed by atoms with Gasteiger partial charge in [0.05, 0.1) is 24.7 Å². The van der Waals surface area contributed by atoms with E-state index >= 15 is 0 Å². The van der Waals surface area contributed by atoms with Gasteiger partial charge in [-0.2, -0.15) is 5.26 Å². The predicted molar refractivity (Wildman–Crippen MR) is 183 cm³/mol. The van der Waals surface area contributed by atoms with Crippen molar-refractivity contribution < 1.29 is 19.1 Å². The van der Waals surface area contributed by atoms with Gasteiger partial charge in [-0.1, -0.05) is 48.5 Å². The van der Waals surface area contributed by atoms with Gasteiger partial charge in [-0.15, -0.1) is 0 Å². The number of carbonyl (C=O) groups excluding carboxylic acids is 3. The lowest BCUT2D eigenvalue weighted by Crippen LogP contribution is -2.49. The molecule has 0 bridgehead atoms. The number of rotatable bonds is 11. The molecule has 0 fully saturated rings. The number of nitriles is 1. The summed E-state index contributed by atoms with van der Waals surface area (Å²) in [4.78, 5) is 43.3. The minimum absolute atomic E-state index is 0.0234. The third-order valence-electron chi connectivity index (χ3n) is 8.09. The second kappa shape index (κ2) is 15.1. The van der Waals surface area contributed by atoms with Gasteiger partial charge in [-0.05, 0) is 87.6 Å². The lowest BCUT2D eigenvalue weighted by molar-refractivity contribution is -0.145. The molecule has 0 saturated heterocycles. The summed E-state index contributed by atoms with van der Waals surface area (Å²) in [6.07, 6.45) is -0.434. The van der Waals surface area contributed by atoms with Crippen molar-refractivity contribution >= 4 is 23.6 Å². The van der Waals surface area contributed by atoms with Crippen molar-refractivity contribution in [1.82, 2.24) is 20.2 Å². The van der Waals surface area contributed by atoms with Gasteiger partial charge in [0, 0.05) is 45.0 Å². The number of anilines is 1. The van der Waals surface area contributed by atoms with Crippen molar-refractivity contribution in [2.75, 3.05) is 38.1 Å². The van der Waals surface area contributed by atoms with Crippen molar-refractivity contribution in [3.63, 3.8) is 0 Å². The fourth-order valence-electron chi connectivity index (χ4n) is 5.47. The number of benzene rings is 3. The number of hydrazine groups is 1. The zero-order valence-electron chi connectivity index (χ0n) is 28.5. The molecule has 0 aromatic heterocycles. The van der Waals surface area contributed by atoms with Gasteiger partial charge in [0.15, 0.2) is 0 Å². The molecule has 10 heteroatoms. The molecule has 0 spiro atoms. The molecular weight excluding hydrogens is 592 g/mol. The average Bonchev–Trinajstić information content (AvgIpc) is 3.46. The number of nitrogens with one attached hydrogen (secondary N) is 1. The summed E-state index contributed by atoms with van der Waals surface area (Å²) in [5.41, 5.74) is 5.81. The van der Waals surface area contributed by atoms with E-state index in [9.17, 15) is 19.6 Å². The zero-order valence-corrected chi connectivity index (χ0v) is 28.5. The van der Waals surface area contributed by atoms with Crippen molar-refractivity contribution in [2.45, 2.75) is 66.3 Å². The van der Waals surface area contributed by atoms with Crippen LogP contribution in [-0.4, -0.2) is 77.7 Å². The van der Waals surface area contributed by atoms with E-state index in [0.717, 1.165) is 22.4 Å². The Morgan fingerprint density at radius 1 is 0.957 bits per heavy atom. The molecule has 248 valence electrons. The van der Waals surface area contributed by atoms with Crippen molar-refractivity contribution in [2.24, 2.45) is 0 Å². The number of nitrogens with zero attached hydrogens (tertiary/aromatic N) is 5. The largest absolute Gasteiger partial charge is 0.444 e. The standard InChI is InChI=1S/C37H46N6O4/c1-26(2)43(36(46)47-37(4,5)6)19-18-39-34(44)24-41(25-35(45)40(7)42-22-31-10-8-9-11-32(31)23-42)33-20-30(15-12-27(33)3)29-16-13-28(21-38)14-17-29/h8-17,20,26H,18-19,22-25H2,1-7H3,(H,39,44). The number of hydrogen-bond acceptors (Lipinski definition) is 7. The molecule has 1 aliphatic rings. The first kappa shape index (κ1) is 35.0. The fourth-order valence-corrected chi connectivity index (χ4v) is 5.47. The van der Waals surface area contributed by atoms with Crippen molar-refractivity contribution in [3.8, 4) is 17.2 Å². The van der Waals surface area contributed by atoms with E-state index in [-0.39, 0.29) is 44.0 Å². The molecule has 1 N–H and O–H groups in total. The highest BCUT2D eigenvalue weighted by Gasteiger charge is 2.28. The summed E-state index contributed by atoms with van der Waals surface area (Å²) in [5, 5.41) is 15.8. The topological polar surface area (TPSA) is 109 Å². The Balaban J connectivity index is 1.52. The second-order valence-electron chi connectivity index (χ2n) is 13.2. The summed E-state index contributed by atoms with van der Waals surface area (Å²) >= 11 is 0. The van der Waals surface area contributed by atoms with Gasteiger partial charge in [0.2, 0.25) is 5.91 Å². The molecule has 0 radical (unpaired) electrons. The summed E-state index contributed by atoms with van der Waals surface area (Å²) in [6, 6.07) is 23.4. The molecule has 0 unspecified atom stereocenters. The molecule has 1 aliphatic heterocycles. The SMILES string of the molecule is Cc1ccc(-c2ccc(C#N)cc2)cc1N(CC(=O)NCCN(C(=O)OC(C)(C)C)C(C)C)CC(=O)N(C)N1Cc2ccccc2C1.